The summed E-state index contributed by atoms with van der Waals surface area (Å²) < 4.78 is 9.87. The first-order valence-electron chi connectivity index (χ1n) is 6.54. The Kier molecular flexibility index (Phi) is 4.07. The summed E-state index contributed by atoms with van der Waals surface area (Å²) in [6, 6.07) is 1.82. The summed E-state index contributed by atoms with van der Waals surface area (Å²) in [6.07, 6.45) is 7.80. The Balaban J connectivity index is 1.97. The number of esters is 1. The number of rotatable bonds is 4. The first kappa shape index (κ1) is 13.1. The lowest BCUT2D eigenvalue weighted by molar-refractivity contribution is 0.0562. The van der Waals surface area contributed by atoms with Crippen molar-refractivity contribution in [2.45, 2.75) is 51.1 Å². The van der Waals surface area contributed by atoms with Crippen molar-refractivity contribution in [3.05, 3.63) is 23.7 Å². The number of furan rings is 1. The largest absolute Gasteiger partial charge is 0.463 e. The maximum Gasteiger partial charge on any atom is 0.374 e. The molecule has 18 heavy (non-hydrogen) atoms. The highest BCUT2D eigenvalue weighted by atomic mass is 16.5. The monoisotopic (exact) mass is 251 g/mol. The molecule has 2 rings (SSSR count). The Bertz CT molecular complexity index is 405. The van der Waals surface area contributed by atoms with Crippen molar-refractivity contribution in [3.63, 3.8) is 0 Å². The number of hydrogen-bond donors (Lipinski definition) is 1. The number of hydrogen-bond acceptors (Lipinski definition) is 4. The van der Waals surface area contributed by atoms with Crippen molar-refractivity contribution >= 4 is 5.97 Å². The minimum atomic E-state index is -0.411. The van der Waals surface area contributed by atoms with Gasteiger partial charge in [0.1, 0.15) is 0 Å². The van der Waals surface area contributed by atoms with Gasteiger partial charge in [-0.25, -0.2) is 4.79 Å². The van der Waals surface area contributed by atoms with Crippen molar-refractivity contribution in [1.29, 1.82) is 0 Å². The molecule has 1 N–H and O–H groups in total. The topological polar surface area (TPSA) is 51.5 Å². The van der Waals surface area contributed by atoms with Gasteiger partial charge in [0.15, 0.2) is 0 Å². The maximum atomic E-state index is 11.5. The molecule has 1 aliphatic rings. The van der Waals surface area contributed by atoms with Gasteiger partial charge < -0.3 is 14.5 Å². The molecule has 0 amide bonds. The molecule has 0 spiro atoms. The van der Waals surface area contributed by atoms with Crippen LogP contribution in [-0.2, 0) is 11.3 Å². The quantitative estimate of drug-likeness (QED) is 0.836. The van der Waals surface area contributed by atoms with Crippen LogP contribution in [0, 0.1) is 0 Å². The van der Waals surface area contributed by atoms with E-state index >= 15 is 0 Å². The Labute approximate surface area is 108 Å². The summed E-state index contributed by atoms with van der Waals surface area (Å²) in [4.78, 5) is 11.5. The van der Waals surface area contributed by atoms with Crippen molar-refractivity contribution in [2.24, 2.45) is 0 Å². The average molecular weight is 251 g/mol. The van der Waals surface area contributed by atoms with Crippen LogP contribution in [0.4, 0.5) is 0 Å². The van der Waals surface area contributed by atoms with Gasteiger partial charge in [0.05, 0.1) is 13.4 Å². The molecule has 0 aliphatic heterocycles. The number of nitrogens with one attached hydrogen (secondary N) is 1. The molecule has 4 heteroatoms. The van der Waals surface area contributed by atoms with Crippen molar-refractivity contribution in [3.8, 4) is 0 Å². The van der Waals surface area contributed by atoms with E-state index in [0.29, 0.717) is 12.3 Å². The van der Waals surface area contributed by atoms with Gasteiger partial charge in [-0.15, -0.1) is 0 Å². The Morgan fingerprint density at radius 1 is 1.44 bits per heavy atom. The molecular formula is C14H21NO3. The Morgan fingerprint density at radius 2 is 2.17 bits per heavy atom. The van der Waals surface area contributed by atoms with Gasteiger partial charge >= 0.3 is 5.97 Å². The normalized spacial score (nSPS) is 18.6. The van der Waals surface area contributed by atoms with E-state index in [1.165, 1.54) is 45.5 Å². The van der Waals surface area contributed by atoms with Crippen LogP contribution in [0.25, 0.3) is 0 Å². The summed E-state index contributed by atoms with van der Waals surface area (Å²) in [5.41, 5.74) is 1.05. The third-order valence-electron chi connectivity index (χ3n) is 3.78. The summed E-state index contributed by atoms with van der Waals surface area (Å²) in [7, 11) is 1.37. The molecule has 1 aromatic rings. The lowest BCUT2D eigenvalue weighted by Gasteiger charge is -2.34. The molecule has 0 saturated heterocycles. The lowest BCUT2D eigenvalue weighted by Crippen LogP contribution is -2.43. The van der Waals surface area contributed by atoms with Crippen LogP contribution in [0.2, 0.25) is 0 Å². The van der Waals surface area contributed by atoms with E-state index in [4.69, 9.17) is 9.15 Å². The molecule has 100 valence electrons. The van der Waals surface area contributed by atoms with Crippen LogP contribution in [0.5, 0.6) is 0 Å². The standard InChI is InChI=1S/C14H21NO3/c1-14(7-4-3-5-8-14)15-10-11-6-9-18-12(11)13(16)17-2/h6,9,15H,3-5,7-8,10H2,1-2H3. The van der Waals surface area contributed by atoms with Crippen molar-refractivity contribution < 1.29 is 13.9 Å². The van der Waals surface area contributed by atoms with Crippen LogP contribution < -0.4 is 5.32 Å². The number of ether oxygens (including phenoxy) is 1. The number of methoxy groups -OCH3 is 1. The van der Waals surface area contributed by atoms with Gasteiger partial charge in [-0.1, -0.05) is 19.3 Å². The van der Waals surface area contributed by atoms with Gasteiger partial charge in [0.2, 0.25) is 5.76 Å². The molecule has 0 atom stereocenters. The van der Waals surface area contributed by atoms with Crippen LogP contribution in [0.15, 0.2) is 16.7 Å². The highest BCUT2D eigenvalue weighted by Gasteiger charge is 2.26. The van der Waals surface area contributed by atoms with Gasteiger partial charge in [0.25, 0.3) is 0 Å². The average Bonchev–Trinajstić information content (AvgIpc) is 2.85. The summed E-state index contributed by atoms with van der Waals surface area (Å²) in [5, 5.41) is 3.55. The Hall–Kier alpha value is -1.29. The molecule has 0 bridgehead atoms. The van der Waals surface area contributed by atoms with E-state index in [0.717, 1.165) is 5.56 Å². The molecule has 1 aliphatic carbocycles. The van der Waals surface area contributed by atoms with Crippen LogP contribution in [0.3, 0.4) is 0 Å². The molecule has 1 saturated carbocycles. The third kappa shape index (κ3) is 2.93. The zero-order valence-corrected chi connectivity index (χ0v) is 11.1. The van der Waals surface area contributed by atoms with Crippen molar-refractivity contribution in [1.82, 2.24) is 5.32 Å². The summed E-state index contributed by atoms with van der Waals surface area (Å²) in [5.74, 6) is -0.102. The molecule has 4 nitrogen and oxygen atoms in total. The first-order chi connectivity index (χ1) is 8.64. The smallest absolute Gasteiger partial charge is 0.374 e. The number of carbonyl (C=O) groups is 1. The Morgan fingerprint density at radius 3 is 2.83 bits per heavy atom. The number of carbonyl (C=O) groups excluding carboxylic acids is 1. The minimum Gasteiger partial charge on any atom is -0.463 e. The minimum absolute atomic E-state index is 0.183. The second kappa shape index (κ2) is 5.57. The van der Waals surface area contributed by atoms with E-state index in [1.807, 2.05) is 6.07 Å². The molecule has 1 fully saturated rings. The predicted octanol–water partition coefficient (Wildman–Crippen LogP) is 2.88. The molecule has 0 aromatic carbocycles. The first-order valence-corrected chi connectivity index (χ1v) is 6.54. The SMILES string of the molecule is COC(=O)c1occc1CNC1(C)CCCCC1. The predicted molar refractivity (Wildman–Crippen MR) is 68.4 cm³/mol. The second-order valence-electron chi connectivity index (χ2n) is 5.24. The summed E-state index contributed by atoms with van der Waals surface area (Å²) in [6.45, 7) is 2.90. The van der Waals surface area contributed by atoms with Gasteiger partial charge in [-0.2, -0.15) is 0 Å². The van der Waals surface area contributed by atoms with E-state index in [1.54, 1.807) is 0 Å². The lowest BCUT2D eigenvalue weighted by atomic mass is 9.83. The fourth-order valence-electron chi connectivity index (χ4n) is 2.56. The van der Waals surface area contributed by atoms with Gasteiger partial charge in [-0.3, -0.25) is 0 Å². The zero-order valence-electron chi connectivity index (χ0n) is 11.1. The van der Waals surface area contributed by atoms with E-state index in [-0.39, 0.29) is 5.54 Å². The highest BCUT2D eigenvalue weighted by Crippen LogP contribution is 2.28. The van der Waals surface area contributed by atoms with Crippen molar-refractivity contribution in [2.75, 3.05) is 7.11 Å². The molecular weight excluding hydrogens is 230 g/mol. The highest BCUT2D eigenvalue weighted by molar-refractivity contribution is 5.87. The summed E-state index contributed by atoms with van der Waals surface area (Å²) >= 11 is 0. The zero-order chi connectivity index (χ0) is 13.0. The maximum absolute atomic E-state index is 11.5. The molecule has 0 unspecified atom stereocenters. The third-order valence-corrected chi connectivity index (χ3v) is 3.78. The fourth-order valence-corrected chi connectivity index (χ4v) is 2.56. The molecule has 0 radical (unpaired) electrons. The fraction of sp³-hybridized carbons (Fsp3) is 0.643. The van der Waals surface area contributed by atoms with Crippen LogP contribution in [-0.4, -0.2) is 18.6 Å². The van der Waals surface area contributed by atoms with E-state index in [2.05, 4.69) is 12.2 Å². The second-order valence-corrected chi connectivity index (χ2v) is 5.24. The van der Waals surface area contributed by atoms with Crippen LogP contribution in [0.1, 0.15) is 55.1 Å². The van der Waals surface area contributed by atoms with E-state index < -0.39 is 5.97 Å². The molecule has 1 heterocycles. The van der Waals surface area contributed by atoms with Gasteiger partial charge in [-0.05, 0) is 25.8 Å². The van der Waals surface area contributed by atoms with Gasteiger partial charge in [0, 0.05) is 17.6 Å². The van der Waals surface area contributed by atoms with E-state index in [9.17, 15) is 4.79 Å². The molecule has 1 aromatic heterocycles. The van der Waals surface area contributed by atoms with Crippen LogP contribution >= 0.6 is 0 Å².